The Morgan fingerprint density at radius 2 is 1.15 bits per heavy atom. The first-order valence-electron chi connectivity index (χ1n) is 15.6. The van der Waals surface area contributed by atoms with Crippen LogP contribution in [0.4, 0.5) is 0 Å². The molecule has 214 valence electrons. The Hall–Kier alpha value is -5.77. The van der Waals surface area contributed by atoms with E-state index in [4.69, 9.17) is 4.98 Å². The maximum Gasteiger partial charge on any atom is 0.0788 e. The second-order valence-electron chi connectivity index (χ2n) is 11.9. The number of thiophene rings is 1. The number of nitrogens with zero attached hydrogens (tertiary/aromatic N) is 2. The van der Waals surface area contributed by atoms with Crippen LogP contribution in [0.3, 0.4) is 0 Å². The molecular weight excluding hydrogens is 577 g/mol. The second-order valence-corrected chi connectivity index (χ2v) is 13.0. The lowest BCUT2D eigenvalue weighted by Crippen LogP contribution is -1.95. The first kappa shape index (κ1) is 25.5. The number of rotatable bonds is 3. The van der Waals surface area contributed by atoms with E-state index in [0.717, 1.165) is 27.8 Å². The van der Waals surface area contributed by atoms with Crippen LogP contribution >= 0.6 is 11.3 Å². The SMILES string of the molecule is c1ccc(-c2nc3ccccc3c3cc4c5ccccc5n(-c5cccc(-c6cccc7c6sc6ccccc67)c5)c4cc23)cc1. The van der Waals surface area contributed by atoms with Gasteiger partial charge in [0.25, 0.3) is 0 Å². The molecule has 3 aromatic heterocycles. The van der Waals surface area contributed by atoms with Gasteiger partial charge in [-0.3, -0.25) is 0 Å². The van der Waals surface area contributed by atoms with Gasteiger partial charge in [-0.25, -0.2) is 4.98 Å². The summed E-state index contributed by atoms with van der Waals surface area (Å²) in [4.78, 5) is 5.23. The number of hydrogen-bond acceptors (Lipinski definition) is 2. The molecule has 10 aromatic rings. The summed E-state index contributed by atoms with van der Waals surface area (Å²) in [5.74, 6) is 0. The van der Waals surface area contributed by atoms with Crippen molar-refractivity contribution in [2.24, 2.45) is 0 Å². The minimum absolute atomic E-state index is 1.01. The summed E-state index contributed by atoms with van der Waals surface area (Å²) < 4.78 is 5.09. The molecule has 3 heteroatoms. The summed E-state index contributed by atoms with van der Waals surface area (Å²) in [6, 6.07) is 57.1. The van der Waals surface area contributed by atoms with Crippen molar-refractivity contribution < 1.29 is 0 Å². The topological polar surface area (TPSA) is 17.8 Å². The van der Waals surface area contributed by atoms with Crippen molar-refractivity contribution in [2.75, 3.05) is 0 Å². The van der Waals surface area contributed by atoms with Crippen molar-refractivity contribution in [1.29, 1.82) is 0 Å². The molecule has 7 aromatic carbocycles. The number of para-hydroxylation sites is 2. The van der Waals surface area contributed by atoms with Gasteiger partial charge in [0, 0.05) is 53.0 Å². The Balaban J connectivity index is 1.27. The number of fused-ring (bicyclic) bond motifs is 9. The predicted octanol–water partition coefficient (Wildman–Crippen LogP) is 12.2. The van der Waals surface area contributed by atoms with Crippen LogP contribution in [-0.2, 0) is 0 Å². The fraction of sp³-hybridized carbons (Fsp3) is 0. The predicted molar refractivity (Wildman–Crippen MR) is 197 cm³/mol. The third-order valence-electron chi connectivity index (χ3n) is 9.36. The fourth-order valence-electron chi connectivity index (χ4n) is 7.29. The lowest BCUT2D eigenvalue weighted by atomic mass is 9.98. The Morgan fingerprint density at radius 1 is 0.435 bits per heavy atom. The van der Waals surface area contributed by atoms with Crippen molar-refractivity contribution in [2.45, 2.75) is 0 Å². The molecule has 2 nitrogen and oxygen atoms in total. The Morgan fingerprint density at radius 3 is 2.07 bits per heavy atom. The number of hydrogen-bond donors (Lipinski definition) is 0. The van der Waals surface area contributed by atoms with E-state index in [1.165, 1.54) is 63.9 Å². The van der Waals surface area contributed by atoms with Crippen LogP contribution < -0.4 is 0 Å². The maximum atomic E-state index is 5.23. The summed E-state index contributed by atoms with van der Waals surface area (Å²) in [6.07, 6.45) is 0. The second kappa shape index (κ2) is 9.87. The van der Waals surface area contributed by atoms with Gasteiger partial charge in [0.2, 0.25) is 0 Å². The molecule has 0 N–H and O–H groups in total. The van der Waals surface area contributed by atoms with Crippen LogP contribution in [0.1, 0.15) is 0 Å². The molecule has 0 bridgehead atoms. The molecule has 0 saturated heterocycles. The summed E-state index contributed by atoms with van der Waals surface area (Å²) in [5.41, 5.74) is 9.17. The summed E-state index contributed by atoms with van der Waals surface area (Å²) in [5, 5.41) is 8.70. The molecule has 0 aliphatic heterocycles. The summed E-state index contributed by atoms with van der Waals surface area (Å²) >= 11 is 1.88. The smallest absolute Gasteiger partial charge is 0.0788 e. The monoisotopic (exact) mass is 602 g/mol. The first-order chi connectivity index (χ1) is 22.8. The summed E-state index contributed by atoms with van der Waals surface area (Å²) in [6.45, 7) is 0. The molecule has 46 heavy (non-hydrogen) atoms. The van der Waals surface area contributed by atoms with Crippen LogP contribution in [0, 0.1) is 0 Å². The minimum Gasteiger partial charge on any atom is -0.309 e. The van der Waals surface area contributed by atoms with E-state index in [1.807, 2.05) is 11.3 Å². The fourth-order valence-corrected chi connectivity index (χ4v) is 8.53. The molecule has 10 rings (SSSR count). The zero-order chi connectivity index (χ0) is 30.2. The summed E-state index contributed by atoms with van der Waals surface area (Å²) in [7, 11) is 0. The van der Waals surface area contributed by atoms with Crippen LogP contribution in [0.2, 0.25) is 0 Å². The average molecular weight is 603 g/mol. The number of pyridine rings is 1. The van der Waals surface area contributed by atoms with Crippen molar-refractivity contribution in [1.82, 2.24) is 9.55 Å². The van der Waals surface area contributed by atoms with E-state index in [2.05, 4.69) is 162 Å². The van der Waals surface area contributed by atoms with E-state index >= 15 is 0 Å². The molecule has 3 heterocycles. The molecule has 0 saturated carbocycles. The molecule has 0 aliphatic carbocycles. The van der Waals surface area contributed by atoms with Crippen molar-refractivity contribution >= 4 is 75.0 Å². The molecule has 0 aliphatic rings. The van der Waals surface area contributed by atoms with E-state index in [-0.39, 0.29) is 0 Å². The first-order valence-corrected chi connectivity index (χ1v) is 16.5. The Kier molecular flexibility index (Phi) is 5.48. The molecule has 0 unspecified atom stereocenters. The third kappa shape index (κ3) is 3.73. The van der Waals surface area contributed by atoms with Crippen LogP contribution in [0.15, 0.2) is 158 Å². The van der Waals surface area contributed by atoms with Crippen molar-refractivity contribution in [3.05, 3.63) is 158 Å². The molecule has 0 fully saturated rings. The highest BCUT2D eigenvalue weighted by atomic mass is 32.1. The largest absolute Gasteiger partial charge is 0.309 e. The normalized spacial score (nSPS) is 11.9. The van der Waals surface area contributed by atoms with Crippen molar-refractivity contribution in [3.8, 4) is 28.1 Å². The van der Waals surface area contributed by atoms with Gasteiger partial charge in [0.05, 0.1) is 22.2 Å². The van der Waals surface area contributed by atoms with E-state index < -0.39 is 0 Å². The zero-order valence-corrected chi connectivity index (χ0v) is 25.6. The highest BCUT2D eigenvalue weighted by Gasteiger charge is 2.18. The quantitative estimate of drug-likeness (QED) is 0.184. The van der Waals surface area contributed by atoms with Gasteiger partial charge in [-0.15, -0.1) is 11.3 Å². The van der Waals surface area contributed by atoms with Gasteiger partial charge >= 0.3 is 0 Å². The Labute approximate surface area is 269 Å². The standard InChI is InChI=1S/C43H26N2S/c1-2-12-27(13-3-1)42-37-26-40-36(25-35(37)31-16-4-7-21-38(31)44-42)32-17-5-8-22-39(32)45(40)29-15-10-14-28(24-29)30-19-11-20-34-33-18-6-9-23-41(33)46-43(30)34/h1-26H. The zero-order valence-electron chi connectivity index (χ0n) is 24.8. The van der Waals surface area contributed by atoms with Gasteiger partial charge in [0.15, 0.2) is 0 Å². The van der Waals surface area contributed by atoms with Crippen molar-refractivity contribution in [3.63, 3.8) is 0 Å². The third-order valence-corrected chi connectivity index (χ3v) is 10.6. The van der Waals surface area contributed by atoms with Crippen LogP contribution in [0.25, 0.3) is 91.7 Å². The van der Waals surface area contributed by atoms with Gasteiger partial charge in [-0.05, 0) is 59.0 Å². The highest BCUT2D eigenvalue weighted by molar-refractivity contribution is 7.26. The van der Waals surface area contributed by atoms with Gasteiger partial charge < -0.3 is 4.57 Å². The molecular formula is C43H26N2S. The van der Waals surface area contributed by atoms with E-state index in [0.29, 0.717) is 0 Å². The Bertz CT molecular complexity index is 2800. The number of aromatic nitrogens is 2. The average Bonchev–Trinajstić information content (AvgIpc) is 3.66. The van der Waals surface area contributed by atoms with Crippen LogP contribution in [0.5, 0.6) is 0 Å². The van der Waals surface area contributed by atoms with Crippen LogP contribution in [-0.4, -0.2) is 9.55 Å². The molecule has 0 radical (unpaired) electrons. The van der Waals surface area contributed by atoms with Gasteiger partial charge in [0.1, 0.15) is 0 Å². The highest BCUT2D eigenvalue weighted by Crippen LogP contribution is 2.42. The minimum atomic E-state index is 1.01. The van der Waals surface area contributed by atoms with E-state index in [1.54, 1.807) is 0 Å². The maximum absolute atomic E-state index is 5.23. The number of benzene rings is 7. The van der Waals surface area contributed by atoms with Gasteiger partial charge in [-0.2, -0.15) is 0 Å². The lowest BCUT2D eigenvalue weighted by molar-refractivity contribution is 1.18. The van der Waals surface area contributed by atoms with Gasteiger partial charge in [-0.1, -0.05) is 115 Å². The molecule has 0 atom stereocenters. The lowest BCUT2D eigenvalue weighted by Gasteiger charge is -2.13. The molecule has 0 amide bonds. The van der Waals surface area contributed by atoms with E-state index in [9.17, 15) is 0 Å². The molecule has 0 spiro atoms.